The first-order chi connectivity index (χ1) is 13.4. The highest BCUT2D eigenvalue weighted by Crippen LogP contribution is 2.12. The van der Waals surface area contributed by atoms with Gasteiger partial charge in [0.25, 0.3) is 5.91 Å². The Labute approximate surface area is 163 Å². The molecule has 0 spiro atoms. The highest BCUT2D eigenvalue weighted by molar-refractivity contribution is 5.98. The molecule has 3 N–H and O–H groups in total. The molecule has 0 saturated heterocycles. The van der Waals surface area contributed by atoms with Crippen LogP contribution in [-0.2, 0) is 16.1 Å². The summed E-state index contributed by atoms with van der Waals surface area (Å²) in [6.45, 7) is 3.68. The van der Waals surface area contributed by atoms with Crippen molar-refractivity contribution in [3.05, 3.63) is 54.0 Å². The molecular weight excluding hydrogens is 362 g/mol. The van der Waals surface area contributed by atoms with Gasteiger partial charge in [-0.15, -0.1) is 0 Å². The molecule has 2 rings (SSSR count). The fraction of sp³-hybridized carbons (Fsp3) is 0.350. The van der Waals surface area contributed by atoms with Crippen LogP contribution in [0.15, 0.2) is 47.1 Å². The molecule has 0 aliphatic rings. The molecule has 0 radical (unpaired) electrons. The minimum Gasteiger partial charge on any atom is -0.497 e. The van der Waals surface area contributed by atoms with E-state index in [1.807, 2.05) is 13.8 Å². The molecule has 1 aromatic heterocycles. The quantitative estimate of drug-likeness (QED) is 0.604. The molecule has 150 valence electrons. The Hall–Kier alpha value is -3.29. The lowest BCUT2D eigenvalue weighted by Gasteiger charge is -2.21. The van der Waals surface area contributed by atoms with Crippen LogP contribution in [0.5, 0.6) is 5.75 Å². The van der Waals surface area contributed by atoms with Gasteiger partial charge in [-0.25, -0.2) is 0 Å². The Morgan fingerprint density at radius 2 is 1.79 bits per heavy atom. The first-order valence-corrected chi connectivity index (χ1v) is 8.92. The van der Waals surface area contributed by atoms with Gasteiger partial charge in [-0.1, -0.05) is 13.8 Å². The Kier molecular flexibility index (Phi) is 7.62. The van der Waals surface area contributed by atoms with Gasteiger partial charge in [-0.2, -0.15) is 0 Å². The van der Waals surface area contributed by atoms with E-state index in [4.69, 9.17) is 9.15 Å². The van der Waals surface area contributed by atoms with Gasteiger partial charge in [-0.05, 0) is 42.3 Å². The zero-order valence-electron chi connectivity index (χ0n) is 16.2. The summed E-state index contributed by atoms with van der Waals surface area (Å²) in [6, 6.07) is 9.26. The minimum absolute atomic E-state index is 0.159. The lowest BCUT2D eigenvalue weighted by molar-refractivity contribution is -0.127. The number of furan rings is 1. The summed E-state index contributed by atoms with van der Waals surface area (Å²) >= 11 is 0. The number of benzene rings is 1. The van der Waals surface area contributed by atoms with Gasteiger partial charge in [0.1, 0.15) is 17.6 Å². The van der Waals surface area contributed by atoms with Crippen molar-refractivity contribution >= 4 is 17.7 Å². The van der Waals surface area contributed by atoms with Crippen LogP contribution in [0.4, 0.5) is 0 Å². The highest BCUT2D eigenvalue weighted by atomic mass is 16.5. The second-order valence-corrected chi connectivity index (χ2v) is 6.50. The van der Waals surface area contributed by atoms with Crippen LogP contribution >= 0.6 is 0 Å². The molecule has 0 aliphatic heterocycles. The van der Waals surface area contributed by atoms with E-state index in [1.54, 1.807) is 43.5 Å². The molecule has 8 nitrogen and oxygen atoms in total. The maximum atomic E-state index is 12.4. The summed E-state index contributed by atoms with van der Waals surface area (Å²) in [5.41, 5.74) is 0.412. The van der Waals surface area contributed by atoms with Crippen LogP contribution < -0.4 is 20.7 Å². The number of nitrogens with one attached hydrogen (secondary N) is 3. The molecule has 1 atom stereocenters. The first kappa shape index (κ1) is 21.0. The average molecular weight is 387 g/mol. The number of methoxy groups -OCH3 is 1. The van der Waals surface area contributed by atoms with Gasteiger partial charge in [0.05, 0.1) is 26.5 Å². The largest absolute Gasteiger partial charge is 0.497 e. The topological polar surface area (TPSA) is 110 Å². The van der Waals surface area contributed by atoms with E-state index in [0.717, 1.165) is 0 Å². The summed E-state index contributed by atoms with van der Waals surface area (Å²) in [5.74, 6) is -0.0624. The zero-order chi connectivity index (χ0) is 20.5. The second kappa shape index (κ2) is 10.1. The van der Waals surface area contributed by atoms with Crippen molar-refractivity contribution in [1.82, 2.24) is 16.0 Å². The second-order valence-electron chi connectivity index (χ2n) is 6.50. The van der Waals surface area contributed by atoms with Gasteiger partial charge in [0.2, 0.25) is 11.8 Å². The van der Waals surface area contributed by atoms with Gasteiger partial charge < -0.3 is 25.1 Å². The van der Waals surface area contributed by atoms with E-state index in [1.165, 1.54) is 6.26 Å². The first-order valence-electron chi connectivity index (χ1n) is 8.92. The number of amides is 3. The van der Waals surface area contributed by atoms with Crippen molar-refractivity contribution in [2.45, 2.75) is 26.4 Å². The Bertz CT molecular complexity index is 785. The Morgan fingerprint density at radius 1 is 1.07 bits per heavy atom. The summed E-state index contributed by atoms with van der Waals surface area (Å²) < 4.78 is 10.2. The summed E-state index contributed by atoms with van der Waals surface area (Å²) in [7, 11) is 1.54. The summed E-state index contributed by atoms with van der Waals surface area (Å²) in [4.78, 5) is 36.7. The zero-order valence-corrected chi connectivity index (χ0v) is 16.2. The number of carbonyl (C=O) groups is 3. The van der Waals surface area contributed by atoms with Crippen molar-refractivity contribution in [2.75, 3.05) is 13.7 Å². The van der Waals surface area contributed by atoms with Crippen LogP contribution in [-0.4, -0.2) is 37.4 Å². The van der Waals surface area contributed by atoms with Crippen molar-refractivity contribution in [1.29, 1.82) is 0 Å². The molecular formula is C20H25N3O5. The highest BCUT2D eigenvalue weighted by Gasteiger charge is 2.25. The lowest BCUT2D eigenvalue weighted by Crippen LogP contribution is -2.51. The molecule has 0 unspecified atom stereocenters. The van der Waals surface area contributed by atoms with E-state index in [9.17, 15) is 14.4 Å². The SMILES string of the molecule is COc1ccc(C(=O)N[C@H](C(=O)NCC(=O)NCc2ccco2)C(C)C)cc1. The number of rotatable bonds is 9. The normalized spacial score (nSPS) is 11.6. The molecule has 1 heterocycles. The van der Waals surface area contributed by atoms with Gasteiger partial charge in [0.15, 0.2) is 0 Å². The number of hydrogen-bond donors (Lipinski definition) is 3. The molecule has 3 amide bonds. The van der Waals surface area contributed by atoms with E-state index in [2.05, 4.69) is 16.0 Å². The molecule has 28 heavy (non-hydrogen) atoms. The molecule has 0 fully saturated rings. The molecule has 0 bridgehead atoms. The maximum absolute atomic E-state index is 12.4. The van der Waals surface area contributed by atoms with E-state index < -0.39 is 11.9 Å². The maximum Gasteiger partial charge on any atom is 0.251 e. The average Bonchev–Trinajstić information content (AvgIpc) is 3.22. The van der Waals surface area contributed by atoms with Crippen LogP contribution in [0.2, 0.25) is 0 Å². The van der Waals surface area contributed by atoms with Gasteiger partial charge in [-0.3, -0.25) is 14.4 Å². The van der Waals surface area contributed by atoms with Crippen LogP contribution in [0.3, 0.4) is 0 Å². The van der Waals surface area contributed by atoms with Crippen molar-refractivity contribution in [3.63, 3.8) is 0 Å². The van der Waals surface area contributed by atoms with Gasteiger partial charge >= 0.3 is 0 Å². The van der Waals surface area contributed by atoms with Crippen molar-refractivity contribution in [2.24, 2.45) is 5.92 Å². The van der Waals surface area contributed by atoms with Crippen molar-refractivity contribution < 1.29 is 23.5 Å². The smallest absolute Gasteiger partial charge is 0.251 e. The Balaban J connectivity index is 1.86. The summed E-state index contributed by atoms with van der Waals surface area (Å²) in [6.07, 6.45) is 1.52. The van der Waals surface area contributed by atoms with E-state index >= 15 is 0 Å². The Morgan fingerprint density at radius 3 is 2.36 bits per heavy atom. The third-order valence-corrected chi connectivity index (χ3v) is 4.05. The van der Waals surface area contributed by atoms with Crippen LogP contribution in [0.25, 0.3) is 0 Å². The molecule has 1 aromatic carbocycles. The fourth-order valence-corrected chi connectivity index (χ4v) is 2.44. The number of ether oxygens (including phenoxy) is 1. The lowest BCUT2D eigenvalue weighted by atomic mass is 10.0. The minimum atomic E-state index is -0.771. The predicted molar refractivity (Wildman–Crippen MR) is 103 cm³/mol. The third kappa shape index (κ3) is 6.15. The fourth-order valence-electron chi connectivity index (χ4n) is 2.44. The standard InChI is InChI=1S/C20H25N3O5/c1-13(2)18(23-19(25)14-6-8-15(27-3)9-7-14)20(26)22-12-17(24)21-11-16-5-4-10-28-16/h4-10,13,18H,11-12H2,1-3H3,(H,21,24)(H,22,26)(H,23,25)/t18-/m0/s1. The third-order valence-electron chi connectivity index (χ3n) is 4.05. The predicted octanol–water partition coefficient (Wildman–Crippen LogP) is 1.48. The monoisotopic (exact) mass is 387 g/mol. The molecule has 8 heteroatoms. The number of carbonyl (C=O) groups excluding carboxylic acids is 3. The summed E-state index contributed by atoms with van der Waals surface area (Å²) in [5, 5.41) is 7.90. The van der Waals surface area contributed by atoms with E-state index in [-0.39, 0.29) is 30.8 Å². The van der Waals surface area contributed by atoms with Gasteiger partial charge in [0, 0.05) is 5.56 Å². The number of hydrogen-bond acceptors (Lipinski definition) is 5. The van der Waals surface area contributed by atoms with Crippen LogP contribution in [0, 0.1) is 5.92 Å². The molecule has 2 aromatic rings. The van der Waals surface area contributed by atoms with Crippen molar-refractivity contribution in [3.8, 4) is 5.75 Å². The van der Waals surface area contributed by atoms with E-state index in [0.29, 0.717) is 17.1 Å². The van der Waals surface area contributed by atoms with Crippen LogP contribution in [0.1, 0.15) is 30.0 Å². The molecule has 0 aliphatic carbocycles. The molecule has 0 saturated carbocycles.